The van der Waals surface area contributed by atoms with Crippen LogP contribution in [0, 0.1) is 22.5 Å². The molecular formula is C26H28N6O5. The van der Waals surface area contributed by atoms with Gasteiger partial charge in [0, 0.05) is 62.9 Å². The van der Waals surface area contributed by atoms with Gasteiger partial charge < -0.3 is 16.0 Å². The maximum absolute atomic E-state index is 13.0. The summed E-state index contributed by atoms with van der Waals surface area (Å²) in [6.45, 7) is 0.367. The number of carbonyl (C=O) groups is 3. The maximum atomic E-state index is 13.0. The van der Waals surface area contributed by atoms with Gasteiger partial charge in [0.15, 0.2) is 5.66 Å². The molecular weight excluding hydrogens is 476 g/mol. The average molecular weight is 505 g/mol. The molecule has 2 aromatic carbocycles. The predicted molar refractivity (Wildman–Crippen MR) is 136 cm³/mol. The largest absolute Gasteiger partial charge is 0.356 e. The van der Waals surface area contributed by atoms with Crippen molar-refractivity contribution < 1.29 is 19.3 Å². The highest BCUT2D eigenvalue weighted by Crippen LogP contribution is 2.36. The molecule has 2 aromatic rings. The smallest absolute Gasteiger partial charge is 0.269 e. The fourth-order valence-electron chi connectivity index (χ4n) is 3.61. The molecule has 1 aliphatic heterocycles. The number of nitrogens with one attached hydrogen (secondary N) is 3. The van der Waals surface area contributed by atoms with E-state index >= 15 is 0 Å². The number of benzene rings is 2. The third-order valence-electron chi connectivity index (χ3n) is 5.76. The number of rotatable bonds is 14. The Morgan fingerprint density at radius 1 is 1.00 bits per heavy atom. The lowest BCUT2D eigenvalue weighted by atomic mass is 10.0. The van der Waals surface area contributed by atoms with E-state index in [2.05, 4.69) is 32.1 Å². The SMILES string of the molecule is C#CCCC1(CCNC(=O)CCC(=O)N[C@@H](Cc2ccccc2)C(=O)Nc2ccc([N+](=O)[O-])cc2)N=N1. The summed E-state index contributed by atoms with van der Waals surface area (Å²) in [5, 5.41) is 27.0. The van der Waals surface area contributed by atoms with Gasteiger partial charge in [-0.25, -0.2) is 0 Å². The number of nitrogens with zero attached hydrogens (tertiary/aromatic N) is 3. The van der Waals surface area contributed by atoms with Crippen molar-refractivity contribution in [3.05, 3.63) is 70.3 Å². The molecule has 1 aliphatic rings. The normalized spacial score (nSPS) is 13.6. The van der Waals surface area contributed by atoms with Crippen molar-refractivity contribution in [3.8, 4) is 12.3 Å². The highest BCUT2D eigenvalue weighted by Gasteiger charge is 2.38. The summed E-state index contributed by atoms with van der Waals surface area (Å²) in [5.74, 6) is 1.32. The van der Waals surface area contributed by atoms with Crippen molar-refractivity contribution in [1.29, 1.82) is 0 Å². The molecule has 0 bridgehead atoms. The molecule has 11 heteroatoms. The van der Waals surface area contributed by atoms with Crippen LogP contribution in [0.3, 0.4) is 0 Å². The average Bonchev–Trinajstić information content (AvgIpc) is 3.66. The Hall–Kier alpha value is -4.59. The van der Waals surface area contributed by atoms with Crippen LogP contribution in [0.25, 0.3) is 0 Å². The number of terminal acetylenes is 1. The van der Waals surface area contributed by atoms with Gasteiger partial charge in [-0.15, -0.1) is 12.3 Å². The summed E-state index contributed by atoms with van der Waals surface area (Å²) in [5.41, 5.74) is 0.600. The van der Waals surface area contributed by atoms with Gasteiger partial charge in [-0.3, -0.25) is 24.5 Å². The van der Waals surface area contributed by atoms with Gasteiger partial charge in [-0.2, -0.15) is 10.2 Å². The van der Waals surface area contributed by atoms with Gasteiger partial charge >= 0.3 is 0 Å². The Kier molecular flexibility index (Phi) is 9.43. The summed E-state index contributed by atoms with van der Waals surface area (Å²) in [4.78, 5) is 48.0. The van der Waals surface area contributed by atoms with E-state index in [0.717, 1.165) is 5.56 Å². The van der Waals surface area contributed by atoms with Gasteiger partial charge in [0.05, 0.1) is 4.92 Å². The van der Waals surface area contributed by atoms with E-state index in [1.807, 2.05) is 30.3 Å². The number of hydrogen-bond acceptors (Lipinski definition) is 7. The quantitative estimate of drug-likeness (QED) is 0.205. The topological polar surface area (TPSA) is 155 Å². The minimum Gasteiger partial charge on any atom is -0.356 e. The Balaban J connectivity index is 1.50. The molecule has 3 rings (SSSR count). The molecule has 0 aromatic heterocycles. The molecule has 0 spiro atoms. The molecule has 37 heavy (non-hydrogen) atoms. The van der Waals surface area contributed by atoms with Crippen LogP contribution in [0.2, 0.25) is 0 Å². The molecule has 0 saturated heterocycles. The lowest BCUT2D eigenvalue weighted by molar-refractivity contribution is -0.384. The van der Waals surface area contributed by atoms with Crippen molar-refractivity contribution >= 4 is 29.1 Å². The van der Waals surface area contributed by atoms with Gasteiger partial charge in [0.2, 0.25) is 17.7 Å². The minimum absolute atomic E-state index is 0.0422. The van der Waals surface area contributed by atoms with E-state index in [4.69, 9.17) is 6.42 Å². The van der Waals surface area contributed by atoms with Gasteiger partial charge in [-0.05, 0) is 17.7 Å². The number of amides is 3. The zero-order valence-electron chi connectivity index (χ0n) is 20.2. The first kappa shape index (κ1) is 27.0. The summed E-state index contributed by atoms with van der Waals surface area (Å²) in [6, 6.07) is 13.6. The van der Waals surface area contributed by atoms with Crippen LogP contribution in [0.1, 0.15) is 37.7 Å². The van der Waals surface area contributed by atoms with E-state index in [9.17, 15) is 24.5 Å². The van der Waals surface area contributed by atoms with Crippen molar-refractivity contribution in [2.24, 2.45) is 10.2 Å². The second kappa shape index (κ2) is 12.9. The first-order valence-electron chi connectivity index (χ1n) is 11.8. The van der Waals surface area contributed by atoms with Crippen LogP contribution in [0.4, 0.5) is 11.4 Å². The number of non-ortho nitro benzene ring substituents is 1. The van der Waals surface area contributed by atoms with Gasteiger partial charge in [-0.1, -0.05) is 30.3 Å². The van der Waals surface area contributed by atoms with E-state index in [1.165, 1.54) is 24.3 Å². The van der Waals surface area contributed by atoms with Crippen LogP contribution in [0.5, 0.6) is 0 Å². The highest BCUT2D eigenvalue weighted by molar-refractivity contribution is 5.97. The third-order valence-corrected chi connectivity index (χ3v) is 5.76. The lowest BCUT2D eigenvalue weighted by Crippen LogP contribution is -2.45. The monoisotopic (exact) mass is 504 g/mol. The molecule has 192 valence electrons. The number of nitro benzene ring substituents is 1. The standard InChI is InChI=1S/C26H28N6O5/c1-2-3-15-26(30-31-26)16-17-27-23(33)13-14-24(34)29-22(18-19-7-5-4-6-8-19)25(35)28-20-9-11-21(12-10-20)32(36)37/h1,4-12,22H,3,13-18H2,(H,27,33)(H,28,35)(H,29,34)/t22-/m0/s1. The van der Waals surface area contributed by atoms with Crippen LogP contribution in [0.15, 0.2) is 64.8 Å². The van der Waals surface area contributed by atoms with Crippen molar-refractivity contribution in [2.75, 3.05) is 11.9 Å². The molecule has 0 saturated carbocycles. The lowest BCUT2D eigenvalue weighted by Gasteiger charge is -2.19. The number of hydrogen-bond donors (Lipinski definition) is 3. The molecule has 1 atom stereocenters. The molecule has 0 aliphatic carbocycles. The van der Waals surface area contributed by atoms with Gasteiger partial charge in [0.25, 0.3) is 5.69 Å². The number of anilines is 1. The van der Waals surface area contributed by atoms with Gasteiger partial charge in [0.1, 0.15) is 6.04 Å². The number of nitro groups is 1. The van der Waals surface area contributed by atoms with E-state index < -0.39 is 28.4 Å². The summed E-state index contributed by atoms with van der Waals surface area (Å²) in [7, 11) is 0. The molecule has 3 N–H and O–H groups in total. The van der Waals surface area contributed by atoms with Crippen molar-refractivity contribution in [1.82, 2.24) is 10.6 Å². The zero-order chi connectivity index (χ0) is 26.7. The maximum Gasteiger partial charge on any atom is 0.269 e. The Bertz CT molecular complexity index is 1180. The fourth-order valence-corrected chi connectivity index (χ4v) is 3.61. The van der Waals surface area contributed by atoms with Crippen molar-refractivity contribution in [3.63, 3.8) is 0 Å². The summed E-state index contributed by atoms with van der Waals surface area (Å²) >= 11 is 0. The Morgan fingerprint density at radius 2 is 1.68 bits per heavy atom. The second-order valence-corrected chi connectivity index (χ2v) is 8.59. The minimum atomic E-state index is -0.915. The van der Waals surface area contributed by atoms with Crippen LogP contribution in [-0.2, 0) is 20.8 Å². The van der Waals surface area contributed by atoms with Crippen LogP contribution < -0.4 is 16.0 Å². The third kappa shape index (κ3) is 8.85. The first-order valence-corrected chi connectivity index (χ1v) is 11.8. The first-order chi connectivity index (χ1) is 17.8. The molecule has 3 amide bonds. The Morgan fingerprint density at radius 3 is 2.30 bits per heavy atom. The summed E-state index contributed by atoms with van der Waals surface area (Å²) in [6.07, 6.45) is 7.11. The molecule has 1 heterocycles. The summed E-state index contributed by atoms with van der Waals surface area (Å²) < 4.78 is 0. The molecule has 0 fully saturated rings. The van der Waals surface area contributed by atoms with E-state index in [1.54, 1.807) is 0 Å². The van der Waals surface area contributed by atoms with E-state index in [-0.39, 0.29) is 30.9 Å². The molecule has 11 nitrogen and oxygen atoms in total. The van der Waals surface area contributed by atoms with Crippen molar-refractivity contribution in [2.45, 2.75) is 50.2 Å². The number of carbonyl (C=O) groups excluding carboxylic acids is 3. The van der Waals surface area contributed by atoms with Crippen LogP contribution in [-0.4, -0.2) is 40.9 Å². The second-order valence-electron chi connectivity index (χ2n) is 8.59. The molecule has 0 unspecified atom stereocenters. The molecule has 0 radical (unpaired) electrons. The van der Waals surface area contributed by atoms with Crippen LogP contribution >= 0.6 is 0 Å². The fraction of sp³-hybridized carbons (Fsp3) is 0.346. The van der Waals surface area contributed by atoms with E-state index in [0.29, 0.717) is 31.5 Å². The zero-order valence-corrected chi connectivity index (χ0v) is 20.2. The highest BCUT2D eigenvalue weighted by atomic mass is 16.6. The predicted octanol–water partition coefficient (Wildman–Crippen LogP) is 3.12. The Labute approximate surface area is 214 Å².